The Bertz CT molecular complexity index is 532. The molecule has 0 fully saturated rings. The van der Waals surface area contributed by atoms with E-state index in [1.54, 1.807) is 32.5 Å². The van der Waals surface area contributed by atoms with Gasteiger partial charge in [-0.05, 0) is 25.5 Å². The van der Waals surface area contributed by atoms with Gasteiger partial charge >= 0.3 is 0 Å². The van der Waals surface area contributed by atoms with Gasteiger partial charge in [-0.2, -0.15) is 0 Å². The summed E-state index contributed by atoms with van der Waals surface area (Å²) in [5.41, 5.74) is 1.64. The van der Waals surface area contributed by atoms with E-state index in [1.807, 2.05) is 31.2 Å². The largest absolute Gasteiger partial charge is 0.495 e. The number of hydrogen-bond donors (Lipinski definition) is 1. The molecule has 0 amide bonds. The molecule has 1 unspecified atom stereocenters. The van der Waals surface area contributed by atoms with Crippen LogP contribution in [0.3, 0.4) is 0 Å². The molecule has 0 aliphatic rings. The molecular formula is C15H17NO2. The zero-order valence-electron chi connectivity index (χ0n) is 10.8. The van der Waals surface area contributed by atoms with Crippen LogP contribution >= 0.6 is 0 Å². The van der Waals surface area contributed by atoms with Crippen LogP contribution in [0.5, 0.6) is 5.75 Å². The highest BCUT2D eigenvalue weighted by Gasteiger charge is 2.26. The third-order valence-electron chi connectivity index (χ3n) is 3.12. The standard InChI is InChI=1S/C15H17NO2/c1-11-4-6-12(7-5-11)15(2,17)13-8-14(18-3)10-16-9-13/h4-10,17H,1-3H3. The third-order valence-corrected chi connectivity index (χ3v) is 3.12. The zero-order chi connectivity index (χ0) is 13.2. The summed E-state index contributed by atoms with van der Waals surface area (Å²) in [4.78, 5) is 4.08. The fourth-order valence-electron chi connectivity index (χ4n) is 1.84. The summed E-state index contributed by atoms with van der Waals surface area (Å²) in [7, 11) is 1.58. The number of rotatable bonds is 3. The highest BCUT2D eigenvalue weighted by molar-refractivity contribution is 5.37. The van der Waals surface area contributed by atoms with Crippen molar-refractivity contribution in [3.63, 3.8) is 0 Å². The first-order valence-corrected chi connectivity index (χ1v) is 5.83. The van der Waals surface area contributed by atoms with Gasteiger partial charge in [-0.25, -0.2) is 0 Å². The fraction of sp³-hybridized carbons (Fsp3) is 0.267. The maximum absolute atomic E-state index is 10.7. The average Bonchev–Trinajstić information content (AvgIpc) is 2.39. The van der Waals surface area contributed by atoms with E-state index in [9.17, 15) is 5.11 Å². The van der Waals surface area contributed by atoms with Crippen LogP contribution < -0.4 is 4.74 Å². The van der Waals surface area contributed by atoms with Crippen LogP contribution in [0.15, 0.2) is 42.7 Å². The van der Waals surface area contributed by atoms with E-state index >= 15 is 0 Å². The van der Waals surface area contributed by atoms with Gasteiger partial charge in [0.15, 0.2) is 0 Å². The smallest absolute Gasteiger partial charge is 0.137 e. The quantitative estimate of drug-likeness (QED) is 0.901. The Morgan fingerprint density at radius 2 is 1.78 bits per heavy atom. The second kappa shape index (κ2) is 4.78. The minimum absolute atomic E-state index is 0.639. The Morgan fingerprint density at radius 3 is 2.39 bits per heavy atom. The number of pyridine rings is 1. The Balaban J connectivity index is 2.43. The lowest BCUT2D eigenvalue weighted by Crippen LogP contribution is -2.23. The fourth-order valence-corrected chi connectivity index (χ4v) is 1.84. The van der Waals surface area contributed by atoms with E-state index in [0.717, 1.165) is 5.56 Å². The predicted molar refractivity (Wildman–Crippen MR) is 70.6 cm³/mol. The van der Waals surface area contributed by atoms with Gasteiger partial charge in [-0.3, -0.25) is 4.98 Å². The lowest BCUT2D eigenvalue weighted by Gasteiger charge is -2.24. The molecule has 2 rings (SSSR count). The molecule has 1 heterocycles. The SMILES string of the molecule is COc1cncc(C(C)(O)c2ccc(C)cc2)c1. The molecule has 0 spiro atoms. The van der Waals surface area contributed by atoms with Crippen molar-refractivity contribution in [2.45, 2.75) is 19.4 Å². The summed E-state index contributed by atoms with van der Waals surface area (Å²) in [5, 5.41) is 10.7. The van der Waals surface area contributed by atoms with Crippen molar-refractivity contribution in [1.82, 2.24) is 4.98 Å². The number of aryl methyl sites for hydroxylation is 1. The first kappa shape index (κ1) is 12.6. The van der Waals surface area contributed by atoms with Crippen molar-refractivity contribution in [1.29, 1.82) is 0 Å². The monoisotopic (exact) mass is 243 g/mol. The lowest BCUT2D eigenvalue weighted by atomic mass is 9.89. The lowest BCUT2D eigenvalue weighted by molar-refractivity contribution is 0.101. The minimum Gasteiger partial charge on any atom is -0.495 e. The second-order valence-electron chi connectivity index (χ2n) is 4.55. The van der Waals surface area contributed by atoms with E-state index in [4.69, 9.17) is 4.74 Å². The maximum atomic E-state index is 10.7. The topological polar surface area (TPSA) is 42.4 Å². The van der Waals surface area contributed by atoms with Gasteiger partial charge in [0.25, 0.3) is 0 Å². The van der Waals surface area contributed by atoms with E-state index in [2.05, 4.69) is 4.98 Å². The Labute approximate surface area is 107 Å². The molecule has 1 aromatic heterocycles. The number of aromatic nitrogens is 1. The number of benzene rings is 1. The molecule has 0 saturated carbocycles. The van der Waals surface area contributed by atoms with E-state index in [-0.39, 0.29) is 0 Å². The molecular weight excluding hydrogens is 226 g/mol. The van der Waals surface area contributed by atoms with Crippen LogP contribution in [0.2, 0.25) is 0 Å². The number of methoxy groups -OCH3 is 1. The summed E-state index contributed by atoms with van der Waals surface area (Å²) < 4.78 is 5.13. The van der Waals surface area contributed by atoms with Crippen LogP contribution in [0.1, 0.15) is 23.6 Å². The highest BCUT2D eigenvalue weighted by Crippen LogP contribution is 2.30. The maximum Gasteiger partial charge on any atom is 0.137 e. The van der Waals surface area contributed by atoms with Crippen molar-refractivity contribution >= 4 is 0 Å². The Morgan fingerprint density at radius 1 is 1.11 bits per heavy atom. The van der Waals surface area contributed by atoms with Crippen LogP contribution in [-0.2, 0) is 5.60 Å². The second-order valence-corrected chi connectivity index (χ2v) is 4.55. The first-order chi connectivity index (χ1) is 8.54. The van der Waals surface area contributed by atoms with Crippen LogP contribution in [0, 0.1) is 6.92 Å². The number of nitrogens with zero attached hydrogens (tertiary/aromatic N) is 1. The summed E-state index contributed by atoms with van der Waals surface area (Å²) in [6, 6.07) is 9.62. The average molecular weight is 243 g/mol. The molecule has 1 N–H and O–H groups in total. The number of aliphatic hydroxyl groups is 1. The van der Waals surface area contributed by atoms with Gasteiger partial charge in [0, 0.05) is 11.8 Å². The molecule has 1 aromatic carbocycles. The number of hydrogen-bond acceptors (Lipinski definition) is 3. The minimum atomic E-state index is -1.07. The van der Waals surface area contributed by atoms with E-state index in [0.29, 0.717) is 11.3 Å². The molecule has 0 bridgehead atoms. The highest BCUT2D eigenvalue weighted by atomic mass is 16.5. The van der Waals surface area contributed by atoms with Gasteiger partial charge in [0.2, 0.25) is 0 Å². The van der Waals surface area contributed by atoms with Crippen molar-refractivity contribution in [2.75, 3.05) is 7.11 Å². The molecule has 0 saturated heterocycles. The Hall–Kier alpha value is -1.87. The van der Waals surface area contributed by atoms with Crippen LogP contribution in [0.25, 0.3) is 0 Å². The van der Waals surface area contributed by atoms with Gasteiger partial charge in [0.1, 0.15) is 11.4 Å². The molecule has 1 atom stereocenters. The third kappa shape index (κ3) is 2.36. The summed E-state index contributed by atoms with van der Waals surface area (Å²) in [5.74, 6) is 0.639. The molecule has 18 heavy (non-hydrogen) atoms. The van der Waals surface area contributed by atoms with Crippen molar-refractivity contribution in [3.8, 4) is 5.75 Å². The van der Waals surface area contributed by atoms with Crippen molar-refractivity contribution in [2.24, 2.45) is 0 Å². The van der Waals surface area contributed by atoms with Crippen LogP contribution in [-0.4, -0.2) is 17.2 Å². The Kier molecular flexibility index (Phi) is 3.34. The van der Waals surface area contributed by atoms with Gasteiger partial charge < -0.3 is 9.84 Å². The summed E-state index contributed by atoms with van der Waals surface area (Å²) >= 11 is 0. The van der Waals surface area contributed by atoms with Crippen LogP contribution in [0.4, 0.5) is 0 Å². The first-order valence-electron chi connectivity index (χ1n) is 5.83. The molecule has 3 heteroatoms. The molecule has 0 aliphatic carbocycles. The van der Waals surface area contributed by atoms with Gasteiger partial charge in [0.05, 0.1) is 13.3 Å². The van der Waals surface area contributed by atoms with E-state index < -0.39 is 5.60 Å². The normalized spacial score (nSPS) is 14.0. The number of ether oxygens (including phenoxy) is 1. The zero-order valence-corrected chi connectivity index (χ0v) is 10.8. The van der Waals surface area contributed by atoms with Gasteiger partial charge in [-0.15, -0.1) is 0 Å². The molecule has 94 valence electrons. The van der Waals surface area contributed by atoms with Gasteiger partial charge in [-0.1, -0.05) is 29.8 Å². The van der Waals surface area contributed by atoms with E-state index in [1.165, 1.54) is 5.56 Å². The van der Waals surface area contributed by atoms with Crippen molar-refractivity contribution in [3.05, 3.63) is 59.4 Å². The summed E-state index contributed by atoms with van der Waals surface area (Å²) in [6.45, 7) is 3.78. The molecule has 2 aromatic rings. The predicted octanol–water partition coefficient (Wildman–Crippen LogP) is 2.65. The summed E-state index contributed by atoms with van der Waals surface area (Å²) in [6.07, 6.45) is 3.27. The molecule has 3 nitrogen and oxygen atoms in total. The molecule has 0 aliphatic heterocycles. The molecule has 0 radical (unpaired) electrons. The van der Waals surface area contributed by atoms with Crippen molar-refractivity contribution < 1.29 is 9.84 Å².